The molecule has 2 rings (SSSR count). The molecular formula is C7H11Cl2N5. The van der Waals surface area contributed by atoms with Crippen molar-refractivity contribution in [2.75, 3.05) is 19.0 Å². The second-order valence-electron chi connectivity index (χ2n) is 2.69. The van der Waals surface area contributed by atoms with Crippen LogP contribution in [0.2, 0.25) is 0 Å². The largest absolute Gasteiger partial charge is 0.361 e. The number of nitrogens with zero attached hydrogens (tertiary/aromatic N) is 4. The van der Waals surface area contributed by atoms with Crippen molar-refractivity contribution in [3.05, 3.63) is 12.7 Å². The van der Waals surface area contributed by atoms with E-state index in [4.69, 9.17) is 0 Å². The monoisotopic (exact) mass is 235 g/mol. The minimum atomic E-state index is 0. The lowest BCUT2D eigenvalue weighted by molar-refractivity contribution is 1.06. The predicted molar refractivity (Wildman–Crippen MR) is 60.5 cm³/mol. The molecule has 0 aliphatic carbocycles. The maximum atomic E-state index is 4.12. The highest BCUT2D eigenvalue weighted by atomic mass is 35.5. The Bertz CT molecular complexity index is 400. The molecule has 0 saturated heterocycles. The van der Waals surface area contributed by atoms with E-state index in [0.29, 0.717) is 5.65 Å². The highest BCUT2D eigenvalue weighted by Gasteiger charge is 2.05. The molecule has 1 N–H and O–H groups in total. The fraction of sp³-hybridized carbons (Fsp3) is 0.286. The lowest BCUT2D eigenvalue weighted by Crippen LogP contribution is -2.11. The van der Waals surface area contributed by atoms with Crippen LogP contribution in [0.1, 0.15) is 0 Å². The molecule has 0 bridgehead atoms. The van der Waals surface area contributed by atoms with Crippen molar-refractivity contribution >= 4 is 41.8 Å². The van der Waals surface area contributed by atoms with Gasteiger partial charge >= 0.3 is 0 Å². The van der Waals surface area contributed by atoms with E-state index in [1.165, 1.54) is 6.33 Å². The van der Waals surface area contributed by atoms with Gasteiger partial charge in [0.15, 0.2) is 11.5 Å². The first-order valence-electron chi connectivity index (χ1n) is 3.60. The number of fused-ring (bicyclic) bond motifs is 1. The molecule has 2 heterocycles. The summed E-state index contributed by atoms with van der Waals surface area (Å²) < 4.78 is 0. The number of nitrogens with one attached hydrogen (secondary N) is 1. The summed E-state index contributed by atoms with van der Waals surface area (Å²) in [4.78, 5) is 17.1. The van der Waals surface area contributed by atoms with Gasteiger partial charge in [-0.3, -0.25) is 0 Å². The summed E-state index contributed by atoms with van der Waals surface area (Å²) in [5.41, 5.74) is 1.58. The average Bonchev–Trinajstić information content (AvgIpc) is 2.49. The molecule has 0 fully saturated rings. The van der Waals surface area contributed by atoms with Gasteiger partial charge in [-0.1, -0.05) is 0 Å². The van der Waals surface area contributed by atoms with Gasteiger partial charge in [-0.2, -0.15) is 0 Å². The minimum Gasteiger partial charge on any atom is -0.361 e. The highest BCUT2D eigenvalue weighted by Crippen LogP contribution is 2.16. The highest BCUT2D eigenvalue weighted by molar-refractivity contribution is 5.85. The maximum absolute atomic E-state index is 4.12. The molecule has 14 heavy (non-hydrogen) atoms. The molecule has 2 aromatic heterocycles. The van der Waals surface area contributed by atoms with Crippen molar-refractivity contribution in [1.29, 1.82) is 0 Å². The Morgan fingerprint density at radius 2 is 1.86 bits per heavy atom. The SMILES string of the molecule is CN(C)c1ncnc2nc[nH]c12.Cl.Cl. The van der Waals surface area contributed by atoms with Gasteiger partial charge in [-0.15, -0.1) is 24.8 Å². The fourth-order valence-corrected chi connectivity index (χ4v) is 1.09. The van der Waals surface area contributed by atoms with Crippen molar-refractivity contribution in [1.82, 2.24) is 19.9 Å². The van der Waals surface area contributed by atoms with Gasteiger partial charge in [0.05, 0.1) is 6.33 Å². The lowest BCUT2D eigenvalue weighted by atomic mass is 10.5. The Labute approximate surface area is 93.8 Å². The Morgan fingerprint density at radius 3 is 2.50 bits per heavy atom. The van der Waals surface area contributed by atoms with Crippen LogP contribution in [-0.2, 0) is 0 Å². The third-order valence-electron chi connectivity index (χ3n) is 1.63. The van der Waals surface area contributed by atoms with Gasteiger partial charge in [0.1, 0.15) is 11.8 Å². The molecule has 0 unspecified atom stereocenters. The number of hydrogen-bond acceptors (Lipinski definition) is 4. The van der Waals surface area contributed by atoms with Crippen molar-refractivity contribution in [3.8, 4) is 0 Å². The van der Waals surface area contributed by atoms with Gasteiger partial charge < -0.3 is 9.88 Å². The van der Waals surface area contributed by atoms with E-state index in [2.05, 4.69) is 19.9 Å². The number of rotatable bonds is 1. The standard InChI is InChI=1S/C7H9N5.2ClH/c1-12(2)7-5-6(9-3-8-5)10-4-11-7;;/h3-4H,1-2H3,(H,8,9,10,11);2*1H. The normalized spacial score (nSPS) is 9.00. The zero-order valence-corrected chi connectivity index (χ0v) is 9.39. The summed E-state index contributed by atoms with van der Waals surface area (Å²) >= 11 is 0. The van der Waals surface area contributed by atoms with Gasteiger partial charge in [0.25, 0.3) is 0 Å². The molecule has 0 saturated carbocycles. The van der Waals surface area contributed by atoms with Crippen molar-refractivity contribution in [2.45, 2.75) is 0 Å². The molecule has 0 aliphatic heterocycles. The number of H-pyrrole nitrogens is 1. The Kier molecular flexibility index (Phi) is 4.59. The van der Waals surface area contributed by atoms with Crippen LogP contribution < -0.4 is 4.90 Å². The van der Waals surface area contributed by atoms with Gasteiger partial charge in [0.2, 0.25) is 0 Å². The average molecular weight is 236 g/mol. The van der Waals surface area contributed by atoms with Crippen molar-refractivity contribution < 1.29 is 0 Å². The fourth-order valence-electron chi connectivity index (χ4n) is 1.09. The molecule has 5 nitrogen and oxygen atoms in total. The molecule has 2 aromatic rings. The van der Waals surface area contributed by atoms with Crippen molar-refractivity contribution in [3.63, 3.8) is 0 Å². The molecule has 0 aliphatic rings. The molecule has 78 valence electrons. The van der Waals surface area contributed by atoms with E-state index < -0.39 is 0 Å². The van der Waals surface area contributed by atoms with E-state index >= 15 is 0 Å². The first kappa shape index (κ1) is 12.9. The van der Waals surface area contributed by atoms with E-state index in [1.54, 1.807) is 6.33 Å². The maximum Gasteiger partial charge on any atom is 0.182 e. The molecule has 0 aromatic carbocycles. The zero-order chi connectivity index (χ0) is 8.55. The minimum absolute atomic E-state index is 0. The summed E-state index contributed by atoms with van der Waals surface area (Å²) in [6.07, 6.45) is 3.13. The van der Waals surface area contributed by atoms with Crippen molar-refractivity contribution in [2.24, 2.45) is 0 Å². The summed E-state index contributed by atoms with van der Waals surface area (Å²) in [7, 11) is 3.87. The third kappa shape index (κ3) is 2.05. The van der Waals surface area contributed by atoms with Crippen LogP contribution >= 0.6 is 24.8 Å². The number of anilines is 1. The lowest BCUT2D eigenvalue weighted by Gasteiger charge is -2.10. The van der Waals surface area contributed by atoms with Crippen LogP contribution in [0.25, 0.3) is 11.2 Å². The van der Waals surface area contributed by atoms with Crippen LogP contribution in [0.3, 0.4) is 0 Å². The Morgan fingerprint density at radius 1 is 1.14 bits per heavy atom. The first-order valence-corrected chi connectivity index (χ1v) is 3.60. The van der Waals surface area contributed by atoms with Crippen LogP contribution in [0.5, 0.6) is 0 Å². The summed E-state index contributed by atoms with van der Waals surface area (Å²) in [5.74, 6) is 0.859. The number of aromatic amines is 1. The molecule has 0 amide bonds. The quantitative estimate of drug-likeness (QED) is 0.809. The number of aromatic nitrogens is 4. The Balaban J connectivity index is 0.000000845. The summed E-state index contributed by atoms with van der Waals surface area (Å²) in [5, 5.41) is 0. The van der Waals surface area contributed by atoms with Crippen LogP contribution in [0, 0.1) is 0 Å². The van der Waals surface area contributed by atoms with Crippen LogP contribution in [-0.4, -0.2) is 34.0 Å². The van der Waals surface area contributed by atoms with Crippen LogP contribution in [0.15, 0.2) is 12.7 Å². The summed E-state index contributed by atoms with van der Waals surface area (Å²) in [6.45, 7) is 0. The number of halogens is 2. The van der Waals surface area contributed by atoms with E-state index in [9.17, 15) is 0 Å². The second-order valence-corrected chi connectivity index (χ2v) is 2.69. The zero-order valence-electron chi connectivity index (χ0n) is 7.76. The molecule has 0 spiro atoms. The number of hydrogen-bond donors (Lipinski definition) is 1. The molecule has 7 heteroatoms. The topological polar surface area (TPSA) is 57.7 Å². The summed E-state index contributed by atoms with van der Waals surface area (Å²) in [6, 6.07) is 0. The van der Waals surface area contributed by atoms with E-state index in [1.807, 2.05) is 19.0 Å². The molecule has 0 atom stereocenters. The second kappa shape index (κ2) is 4.97. The van der Waals surface area contributed by atoms with E-state index in [0.717, 1.165) is 11.3 Å². The van der Waals surface area contributed by atoms with Gasteiger partial charge in [-0.25, -0.2) is 15.0 Å². The van der Waals surface area contributed by atoms with Gasteiger partial charge in [-0.05, 0) is 0 Å². The smallest absolute Gasteiger partial charge is 0.182 e. The van der Waals surface area contributed by atoms with Gasteiger partial charge in [0, 0.05) is 14.1 Å². The van der Waals surface area contributed by atoms with E-state index in [-0.39, 0.29) is 24.8 Å². The Hall–Kier alpha value is -1.07. The van der Waals surface area contributed by atoms with Crippen LogP contribution in [0.4, 0.5) is 5.82 Å². The first-order chi connectivity index (χ1) is 5.79. The number of imidazole rings is 1. The molecular weight excluding hydrogens is 225 g/mol. The predicted octanol–water partition coefficient (Wildman–Crippen LogP) is 1.26. The third-order valence-corrected chi connectivity index (χ3v) is 1.63. The molecule has 0 radical (unpaired) electrons.